The van der Waals surface area contributed by atoms with Gasteiger partial charge in [0.1, 0.15) is 41.5 Å². The van der Waals surface area contributed by atoms with Gasteiger partial charge in [-0.3, -0.25) is 43.2 Å². The Kier molecular flexibility index (Phi) is 25.4. The third kappa shape index (κ3) is 17.9. The SMILES string of the molecule is C=CCCCCC(=O)NC(C(=O)N(C)CC(=O)N(C)[C@H]1C/C=C\CCN(C(Cc2ccc(Br)cc2)C(=O)N(C)CC(=O)N[C@@H](CCc2ccc(C(F)(F)F)c(OC)c2)C(=O)N2C[C@H](OC)C[C@H]2C(=O)NC2(C(=O)NC)CCC2)C1=O)[C@@H](C)CC. The van der Waals surface area contributed by atoms with Gasteiger partial charge in [0.05, 0.1) is 31.9 Å². The maximum absolute atomic E-state index is 15.0. The van der Waals surface area contributed by atoms with E-state index >= 15 is 9.59 Å². The van der Waals surface area contributed by atoms with Crippen molar-refractivity contribution in [3.63, 3.8) is 0 Å². The molecule has 1 saturated carbocycles. The average Bonchev–Trinajstić information content (AvgIpc) is 2.50. The van der Waals surface area contributed by atoms with Gasteiger partial charge in [-0.05, 0) is 106 Å². The number of unbranched alkanes of at least 4 members (excludes halogenated alkanes) is 2. The first kappa shape index (κ1) is 68.0. The Labute approximate surface area is 499 Å². The summed E-state index contributed by atoms with van der Waals surface area (Å²) in [6, 6.07) is 4.53. The van der Waals surface area contributed by atoms with Crippen LogP contribution in [0.5, 0.6) is 5.75 Å². The lowest BCUT2D eigenvalue weighted by Gasteiger charge is -2.41. The van der Waals surface area contributed by atoms with Gasteiger partial charge in [0.25, 0.3) is 0 Å². The lowest BCUT2D eigenvalue weighted by atomic mass is 9.75. The Bertz CT molecular complexity index is 2710. The molecule has 24 heteroatoms. The van der Waals surface area contributed by atoms with Crippen LogP contribution in [0.15, 0.2) is 71.7 Å². The summed E-state index contributed by atoms with van der Waals surface area (Å²) in [4.78, 5) is 134. The molecule has 20 nitrogen and oxygen atoms in total. The fourth-order valence-electron chi connectivity index (χ4n) is 10.7. The third-order valence-electron chi connectivity index (χ3n) is 16.2. The Morgan fingerprint density at radius 3 is 2.20 bits per heavy atom. The van der Waals surface area contributed by atoms with Crippen LogP contribution in [0.3, 0.4) is 0 Å². The van der Waals surface area contributed by atoms with E-state index in [1.54, 1.807) is 36.4 Å². The van der Waals surface area contributed by atoms with Crippen molar-refractivity contribution in [1.29, 1.82) is 0 Å². The number of carbonyl (C=O) groups excluding carboxylic acids is 9. The zero-order valence-electron chi connectivity index (χ0n) is 49.5. The van der Waals surface area contributed by atoms with E-state index < -0.39 is 114 Å². The standard InChI is InChI=1S/C60H83BrF3N9O11/c1-10-12-13-16-20-49(74)67-52(38(3)11-2)57(81)70(6)37-51(76)71(7)45-19-15-14-17-31-72(56(45)80)47(32-39-21-25-41(61)26-22-39)55(79)69(5)36-50(75)66-44(28-24-40-23-27-43(60(62,63)64)48(33-40)84-9)54(78)73-35-42(83-8)34-46(73)53(77)68-59(29-18-30-59)58(82)65-4/h10,14-15,21-23,25-27,33,38,42,44-47,52H,1,11-13,16-20,24,28-32,34-37H2,2-9H3,(H,65,82)(H,66,75)(H,67,74)(H,68,77)/b15-14-/t38-,42+,44-,45-,46-,47?,52?/m0/s1. The van der Waals surface area contributed by atoms with Gasteiger partial charge in [0.15, 0.2) is 0 Å². The quantitative estimate of drug-likeness (QED) is 0.0646. The normalized spacial score (nSPS) is 19.4. The molecule has 1 aliphatic carbocycles. The number of halogens is 4. The summed E-state index contributed by atoms with van der Waals surface area (Å²) < 4.78 is 53.1. The fraction of sp³-hybridized carbons (Fsp3) is 0.583. The van der Waals surface area contributed by atoms with Gasteiger partial charge < -0.3 is 55.2 Å². The van der Waals surface area contributed by atoms with E-state index in [9.17, 15) is 46.7 Å². The fourth-order valence-corrected chi connectivity index (χ4v) is 11.0. The summed E-state index contributed by atoms with van der Waals surface area (Å²) >= 11 is 3.45. The molecule has 0 aromatic heterocycles. The highest BCUT2D eigenvalue weighted by Gasteiger charge is 2.49. The molecule has 3 aliphatic rings. The van der Waals surface area contributed by atoms with Crippen molar-refractivity contribution in [2.75, 3.05) is 68.6 Å². The van der Waals surface area contributed by atoms with Crippen molar-refractivity contribution in [1.82, 2.24) is 45.8 Å². The number of ether oxygens (including phenoxy) is 2. The zero-order chi connectivity index (χ0) is 62.1. The number of aryl methyl sites for hydroxylation is 1. The number of alkyl halides is 3. The van der Waals surface area contributed by atoms with E-state index in [-0.39, 0.29) is 69.3 Å². The van der Waals surface area contributed by atoms with Crippen molar-refractivity contribution in [2.24, 2.45) is 5.92 Å². The molecule has 0 bridgehead atoms. The van der Waals surface area contributed by atoms with E-state index in [0.717, 1.165) is 35.4 Å². The van der Waals surface area contributed by atoms with Crippen molar-refractivity contribution in [3.05, 3.63) is 88.4 Å². The van der Waals surface area contributed by atoms with Crippen molar-refractivity contribution in [3.8, 4) is 5.75 Å². The van der Waals surface area contributed by atoms with Crippen molar-refractivity contribution in [2.45, 2.75) is 152 Å². The topological polar surface area (TPSA) is 236 Å². The molecule has 84 heavy (non-hydrogen) atoms. The van der Waals surface area contributed by atoms with E-state index in [1.807, 2.05) is 19.9 Å². The highest BCUT2D eigenvalue weighted by molar-refractivity contribution is 9.10. The zero-order valence-corrected chi connectivity index (χ0v) is 51.1. The molecular formula is C60H83BrF3N9O11. The van der Waals surface area contributed by atoms with Gasteiger partial charge in [0.2, 0.25) is 53.2 Å². The second-order valence-corrected chi connectivity index (χ2v) is 23.0. The number of allylic oxidation sites excluding steroid dienone is 1. The van der Waals surface area contributed by atoms with Crippen LogP contribution in [0.1, 0.15) is 108 Å². The van der Waals surface area contributed by atoms with Gasteiger partial charge in [-0.2, -0.15) is 13.2 Å². The number of methoxy groups -OCH3 is 2. The van der Waals surface area contributed by atoms with Crippen LogP contribution < -0.4 is 26.0 Å². The first-order valence-corrected chi connectivity index (χ1v) is 29.4. The molecule has 2 aromatic rings. The van der Waals surface area contributed by atoms with Gasteiger partial charge in [-0.1, -0.05) is 72.6 Å². The molecular weight excluding hydrogens is 1160 g/mol. The number of likely N-dealkylation sites (N-methyl/N-ethyl adjacent to an activating group) is 4. The summed E-state index contributed by atoms with van der Waals surface area (Å²) in [7, 11) is 8.24. The van der Waals surface area contributed by atoms with Crippen LogP contribution in [0.2, 0.25) is 0 Å². The van der Waals surface area contributed by atoms with E-state index in [4.69, 9.17) is 9.47 Å². The molecule has 2 unspecified atom stereocenters. The number of amides is 9. The van der Waals surface area contributed by atoms with Crippen LogP contribution in [0, 0.1) is 5.92 Å². The maximum Gasteiger partial charge on any atom is 0.419 e. The van der Waals surface area contributed by atoms with Crippen LogP contribution in [0.25, 0.3) is 0 Å². The Balaban J connectivity index is 1.40. The number of carbonyl (C=O) groups is 9. The minimum absolute atomic E-state index is 0.0237. The molecule has 0 radical (unpaired) electrons. The molecule has 2 heterocycles. The van der Waals surface area contributed by atoms with E-state index in [0.29, 0.717) is 49.7 Å². The Morgan fingerprint density at radius 1 is 0.917 bits per heavy atom. The first-order chi connectivity index (χ1) is 39.8. The highest BCUT2D eigenvalue weighted by Crippen LogP contribution is 2.37. The number of nitrogens with one attached hydrogen (secondary N) is 4. The smallest absolute Gasteiger partial charge is 0.419 e. The number of hydrogen-bond donors (Lipinski definition) is 4. The summed E-state index contributed by atoms with van der Waals surface area (Å²) in [5.74, 6) is -5.83. The minimum atomic E-state index is -4.73. The molecule has 0 spiro atoms. The molecule has 2 fully saturated rings. The molecule has 9 amide bonds. The summed E-state index contributed by atoms with van der Waals surface area (Å²) in [5.41, 5.74) is -1.21. The van der Waals surface area contributed by atoms with Gasteiger partial charge in [0, 0.05) is 72.1 Å². The maximum atomic E-state index is 15.0. The van der Waals surface area contributed by atoms with Gasteiger partial charge >= 0.3 is 6.18 Å². The molecule has 5 rings (SSSR count). The van der Waals surface area contributed by atoms with Crippen LogP contribution in [0.4, 0.5) is 13.2 Å². The predicted molar refractivity (Wildman–Crippen MR) is 312 cm³/mol. The van der Waals surface area contributed by atoms with Gasteiger partial charge in [-0.15, -0.1) is 6.58 Å². The molecule has 4 N–H and O–H groups in total. The van der Waals surface area contributed by atoms with Crippen molar-refractivity contribution >= 4 is 69.1 Å². The van der Waals surface area contributed by atoms with Gasteiger partial charge in [-0.25, -0.2) is 0 Å². The summed E-state index contributed by atoms with van der Waals surface area (Å²) in [6.45, 7) is 6.32. The number of likely N-dealkylation sites (tertiary alicyclic amines) is 1. The number of hydrogen-bond acceptors (Lipinski definition) is 11. The summed E-state index contributed by atoms with van der Waals surface area (Å²) in [5, 5.41) is 11.0. The predicted octanol–water partition coefficient (Wildman–Crippen LogP) is 5.11. The molecule has 1 saturated heterocycles. The molecule has 7 atom stereocenters. The van der Waals surface area contributed by atoms with Crippen molar-refractivity contribution < 1.29 is 65.8 Å². The molecule has 462 valence electrons. The number of benzene rings is 2. The second kappa shape index (κ2) is 31.4. The summed E-state index contributed by atoms with van der Waals surface area (Å²) in [6.07, 6.45) is 4.58. The number of nitrogens with zero attached hydrogens (tertiary/aromatic N) is 5. The molecule has 2 aliphatic heterocycles. The third-order valence-corrected chi connectivity index (χ3v) is 16.7. The number of rotatable bonds is 28. The van der Waals surface area contributed by atoms with E-state index in [2.05, 4.69) is 43.8 Å². The second-order valence-electron chi connectivity index (χ2n) is 22.0. The minimum Gasteiger partial charge on any atom is -0.496 e. The highest BCUT2D eigenvalue weighted by atomic mass is 79.9. The lowest BCUT2D eigenvalue weighted by molar-refractivity contribution is -0.152. The van der Waals surface area contributed by atoms with Crippen LogP contribution in [-0.4, -0.2) is 188 Å². The Morgan fingerprint density at radius 2 is 1.60 bits per heavy atom. The molecule has 2 aromatic carbocycles. The lowest BCUT2D eigenvalue weighted by Crippen LogP contribution is -2.65. The first-order valence-electron chi connectivity index (χ1n) is 28.6. The largest absolute Gasteiger partial charge is 0.496 e. The van der Waals surface area contributed by atoms with Crippen LogP contribution >= 0.6 is 15.9 Å². The van der Waals surface area contributed by atoms with E-state index in [1.165, 1.54) is 67.0 Å². The Hall–Kier alpha value is -6.82. The average molecular weight is 1240 g/mol. The monoisotopic (exact) mass is 1240 g/mol. The van der Waals surface area contributed by atoms with Crippen LogP contribution in [-0.2, 0) is 66.9 Å².